The summed E-state index contributed by atoms with van der Waals surface area (Å²) in [6.45, 7) is 3.48. The Balaban J connectivity index is 2.44. The van der Waals surface area contributed by atoms with E-state index in [0.29, 0.717) is 19.4 Å². The Morgan fingerprint density at radius 2 is 1.86 bits per heavy atom. The molecule has 1 aromatic carbocycles. The first-order valence-corrected chi connectivity index (χ1v) is 7.93. The third-order valence-electron chi connectivity index (χ3n) is 3.34. The van der Waals surface area contributed by atoms with Crippen LogP contribution in [0.2, 0.25) is 0 Å². The minimum atomic E-state index is -0.448. The van der Waals surface area contributed by atoms with Crippen LogP contribution in [0.5, 0.6) is 0 Å². The van der Waals surface area contributed by atoms with Gasteiger partial charge in [0, 0.05) is 6.54 Å². The van der Waals surface area contributed by atoms with Gasteiger partial charge in [-0.05, 0) is 32.0 Å². The molecule has 3 N–H and O–H groups in total. The summed E-state index contributed by atoms with van der Waals surface area (Å²) in [4.78, 5) is 24.2. The van der Waals surface area contributed by atoms with Gasteiger partial charge >= 0.3 is 0 Å². The fourth-order valence-corrected chi connectivity index (χ4v) is 2.18. The Kier molecular flexibility index (Phi) is 8.91. The summed E-state index contributed by atoms with van der Waals surface area (Å²) >= 11 is 0. The molecule has 0 fully saturated rings. The first kappa shape index (κ1) is 18.2. The van der Waals surface area contributed by atoms with E-state index in [0.717, 1.165) is 24.9 Å². The predicted molar refractivity (Wildman–Crippen MR) is 88.5 cm³/mol. The van der Waals surface area contributed by atoms with Crippen LogP contribution in [0.3, 0.4) is 0 Å². The van der Waals surface area contributed by atoms with Crippen LogP contribution in [0.25, 0.3) is 0 Å². The topological polar surface area (TPSA) is 70.2 Å². The van der Waals surface area contributed by atoms with Gasteiger partial charge in [0.15, 0.2) is 0 Å². The van der Waals surface area contributed by atoms with Gasteiger partial charge in [0.05, 0.1) is 6.42 Å². The van der Waals surface area contributed by atoms with Gasteiger partial charge in [-0.15, -0.1) is 0 Å². The van der Waals surface area contributed by atoms with E-state index in [9.17, 15) is 9.59 Å². The van der Waals surface area contributed by atoms with Crippen LogP contribution in [-0.4, -0.2) is 38.0 Å². The maximum absolute atomic E-state index is 12.1. The molecule has 2 amide bonds. The fourth-order valence-electron chi connectivity index (χ4n) is 2.18. The van der Waals surface area contributed by atoms with E-state index in [1.54, 1.807) is 0 Å². The van der Waals surface area contributed by atoms with Gasteiger partial charge in [0.25, 0.3) is 0 Å². The third kappa shape index (κ3) is 7.22. The normalized spacial score (nSPS) is 11.7. The Morgan fingerprint density at radius 1 is 1.14 bits per heavy atom. The molecule has 0 radical (unpaired) electrons. The summed E-state index contributed by atoms with van der Waals surface area (Å²) in [6, 6.07) is 9.09. The molecule has 1 atom stereocenters. The summed E-state index contributed by atoms with van der Waals surface area (Å²) in [7, 11) is 1.88. The average molecular weight is 305 g/mol. The number of benzene rings is 1. The van der Waals surface area contributed by atoms with Crippen molar-refractivity contribution in [2.24, 2.45) is 0 Å². The van der Waals surface area contributed by atoms with Crippen molar-refractivity contribution in [2.75, 3.05) is 20.1 Å². The van der Waals surface area contributed by atoms with Crippen molar-refractivity contribution in [2.45, 2.75) is 38.6 Å². The molecule has 122 valence electrons. The van der Waals surface area contributed by atoms with E-state index < -0.39 is 6.04 Å². The van der Waals surface area contributed by atoms with E-state index in [2.05, 4.69) is 16.0 Å². The number of rotatable bonds is 10. The van der Waals surface area contributed by atoms with E-state index in [1.165, 1.54) is 0 Å². The molecule has 5 nitrogen and oxygen atoms in total. The zero-order valence-corrected chi connectivity index (χ0v) is 13.5. The van der Waals surface area contributed by atoms with Gasteiger partial charge < -0.3 is 16.0 Å². The van der Waals surface area contributed by atoms with E-state index >= 15 is 0 Å². The fraction of sp³-hybridized carbons (Fsp3) is 0.529. The molecule has 0 aliphatic carbocycles. The highest BCUT2D eigenvalue weighted by atomic mass is 16.2. The molecule has 1 rings (SSSR count). The maximum Gasteiger partial charge on any atom is 0.242 e. The summed E-state index contributed by atoms with van der Waals surface area (Å²) < 4.78 is 0. The molecule has 0 saturated carbocycles. The summed E-state index contributed by atoms with van der Waals surface area (Å²) in [5.41, 5.74) is 0.949. The third-order valence-corrected chi connectivity index (χ3v) is 3.34. The number of carbonyl (C=O) groups is 2. The van der Waals surface area contributed by atoms with Crippen LogP contribution in [0.1, 0.15) is 31.7 Å². The highest BCUT2D eigenvalue weighted by molar-refractivity contribution is 5.88. The van der Waals surface area contributed by atoms with E-state index in [-0.39, 0.29) is 11.8 Å². The predicted octanol–water partition coefficient (Wildman–Crippen LogP) is 1.24. The first-order chi connectivity index (χ1) is 10.7. The van der Waals surface area contributed by atoms with Gasteiger partial charge in [0.2, 0.25) is 11.8 Å². The minimum absolute atomic E-state index is 0.0978. The summed E-state index contributed by atoms with van der Waals surface area (Å²) in [5, 5.41) is 8.75. The van der Waals surface area contributed by atoms with Crippen molar-refractivity contribution < 1.29 is 9.59 Å². The van der Waals surface area contributed by atoms with E-state index in [1.807, 2.05) is 44.3 Å². The first-order valence-electron chi connectivity index (χ1n) is 7.93. The zero-order valence-electron chi connectivity index (χ0n) is 13.5. The van der Waals surface area contributed by atoms with Gasteiger partial charge in [-0.2, -0.15) is 0 Å². The molecule has 5 heteroatoms. The van der Waals surface area contributed by atoms with Crippen molar-refractivity contribution >= 4 is 11.8 Å². The molecule has 0 bridgehead atoms. The Morgan fingerprint density at radius 3 is 2.50 bits per heavy atom. The van der Waals surface area contributed by atoms with Gasteiger partial charge in [-0.25, -0.2) is 0 Å². The largest absolute Gasteiger partial charge is 0.354 e. The number of nitrogens with one attached hydrogen (secondary N) is 3. The SMILES string of the molecule is CCCC(NC(=O)Cc1ccccc1)C(=O)NCCCNC. The van der Waals surface area contributed by atoms with Crippen molar-refractivity contribution in [1.82, 2.24) is 16.0 Å². The number of amides is 2. The second kappa shape index (κ2) is 10.8. The van der Waals surface area contributed by atoms with Crippen LogP contribution >= 0.6 is 0 Å². The Bertz CT molecular complexity index is 448. The monoisotopic (exact) mass is 305 g/mol. The molecular formula is C17H27N3O2. The Hall–Kier alpha value is -1.88. The zero-order chi connectivity index (χ0) is 16.2. The second-order valence-electron chi connectivity index (χ2n) is 5.32. The molecule has 0 aliphatic heterocycles. The summed E-state index contributed by atoms with van der Waals surface area (Å²) in [6.07, 6.45) is 2.67. The molecule has 0 heterocycles. The van der Waals surface area contributed by atoms with Crippen molar-refractivity contribution in [1.29, 1.82) is 0 Å². The molecule has 22 heavy (non-hydrogen) atoms. The quantitative estimate of drug-likeness (QED) is 0.570. The number of hydrogen-bond donors (Lipinski definition) is 3. The van der Waals surface area contributed by atoms with Gasteiger partial charge in [0.1, 0.15) is 6.04 Å². The molecule has 0 aromatic heterocycles. The highest BCUT2D eigenvalue weighted by Crippen LogP contribution is 2.02. The van der Waals surface area contributed by atoms with Gasteiger partial charge in [-0.3, -0.25) is 9.59 Å². The number of carbonyl (C=O) groups excluding carboxylic acids is 2. The minimum Gasteiger partial charge on any atom is -0.354 e. The van der Waals surface area contributed by atoms with Crippen LogP contribution in [0.4, 0.5) is 0 Å². The average Bonchev–Trinajstić information content (AvgIpc) is 2.52. The number of hydrogen-bond acceptors (Lipinski definition) is 3. The maximum atomic E-state index is 12.1. The smallest absolute Gasteiger partial charge is 0.242 e. The highest BCUT2D eigenvalue weighted by Gasteiger charge is 2.19. The van der Waals surface area contributed by atoms with Crippen molar-refractivity contribution in [3.8, 4) is 0 Å². The standard InChI is InChI=1S/C17H27N3O2/c1-3-8-15(17(22)19-12-7-11-18-2)20-16(21)13-14-9-5-4-6-10-14/h4-6,9-10,15,18H,3,7-8,11-13H2,1-2H3,(H,19,22)(H,20,21). The lowest BCUT2D eigenvalue weighted by molar-refractivity contribution is -0.128. The Labute approximate surface area is 132 Å². The molecule has 0 spiro atoms. The second-order valence-corrected chi connectivity index (χ2v) is 5.32. The molecule has 0 saturated heterocycles. The van der Waals surface area contributed by atoms with Crippen molar-refractivity contribution in [3.63, 3.8) is 0 Å². The van der Waals surface area contributed by atoms with Crippen LogP contribution in [0, 0.1) is 0 Å². The van der Waals surface area contributed by atoms with Crippen LogP contribution < -0.4 is 16.0 Å². The lowest BCUT2D eigenvalue weighted by Crippen LogP contribution is -2.47. The molecular weight excluding hydrogens is 278 g/mol. The lowest BCUT2D eigenvalue weighted by atomic mass is 10.1. The molecule has 1 aromatic rings. The molecule has 1 unspecified atom stereocenters. The van der Waals surface area contributed by atoms with Crippen LogP contribution in [0.15, 0.2) is 30.3 Å². The molecule has 0 aliphatic rings. The van der Waals surface area contributed by atoms with Crippen LogP contribution in [-0.2, 0) is 16.0 Å². The lowest BCUT2D eigenvalue weighted by Gasteiger charge is -2.18. The summed E-state index contributed by atoms with van der Waals surface area (Å²) in [5.74, 6) is -0.214. The van der Waals surface area contributed by atoms with Crippen molar-refractivity contribution in [3.05, 3.63) is 35.9 Å². The van der Waals surface area contributed by atoms with E-state index in [4.69, 9.17) is 0 Å². The van der Waals surface area contributed by atoms with Gasteiger partial charge in [-0.1, -0.05) is 43.7 Å².